The first-order chi connectivity index (χ1) is 12.6. The van der Waals surface area contributed by atoms with Crippen LogP contribution < -0.4 is 10.6 Å². The fraction of sp³-hybridized carbons (Fsp3) is 0.333. The average Bonchev–Trinajstić information content (AvgIpc) is 2.79. The highest BCUT2D eigenvalue weighted by Gasteiger charge is 2.31. The lowest BCUT2D eigenvalue weighted by Gasteiger charge is -2.34. The van der Waals surface area contributed by atoms with Crippen molar-refractivity contribution in [1.82, 2.24) is 4.90 Å². The third-order valence-electron chi connectivity index (χ3n) is 5.31. The zero-order valence-corrected chi connectivity index (χ0v) is 14.9. The van der Waals surface area contributed by atoms with Gasteiger partial charge in [0.05, 0.1) is 6.04 Å². The Morgan fingerprint density at radius 2 is 1.92 bits per heavy atom. The second-order valence-corrected chi connectivity index (χ2v) is 7.05. The summed E-state index contributed by atoms with van der Waals surface area (Å²) in [5, 5.41) is 6.01. The fourth-order valence-electron chi connectivity index (χ4n) is 4.05. The van der Waals surface area contributed by atoms with Crippen LogP contribution in [0.15, 0.2) is 42.5 Å². The molecule has 5 heteroatoms. The van der Waals surface area contributed by atoms with Gasteiger partial charge in [0.15, 0.2) is 0 Å². The summed E-state index contributed by atoms with van der Waals surface area (Å²) in [4.78, 5) is 26.5. The van der Waals surface area contributed by atoms with Gasteiger partial charge in [0.2, 0.25) is 11.8 Å². The van der Waals surface area contributed by atoms with Crippen LogP contribution in [0, 0.1) is 0 Å². The number of carbonyl (C=O) groups excluding carboxylic acids is 2. The van der Waals surface area contributed by atoms with Crippen molar-refractivity contribution < 1.29 is 9.59 Å². The lowest BCUT2D eigenvalue weighted by molar-refractivity contribution is -0.121. The number of anilines is 2. The van der Waals surface area contributed by atoms with Gasteiger partial charge in [-0.2, -0.15) is 0 Å². The van der Waals surface area contributed by atoms with E-state index in [0.29, 0.717) is 0 Å². The number of rotatable bonds is 2. The molecule has 2 aromatic carbocycles. The lowest BCUT2D eigenvalue weighted by Crippen LogP contribution is -2.46. The second-order valence-electron chi connectivity index (χ2n) is 7.05. The maximum absolute atomic E-state index is 12.8. The Labute approximate surface area is 153 Å². The molecule has 4 rings (SSSR count). The van der Waals surface area contributed by atoms with Gasteiger partial charge < -0.3 is 10.6 Å². The van der Waals surface area contributed by atoms with Crippen LogP contribution in [0.3, 0.4) is 0 Å². The highest BCUT2D eigenvalue weighted by molar-refractivity contribution is 5.96. The topological polar surface area (TPSA) is 61.4 Å². The molecule has 0 spiro atoms. The van der Waals surface area contributed by atoms with E-state index in [1.807, 2.05) is 30.3 Å². The van der Waals surface area contributed by atoms with Crippen molar-refractivity contribution in [1.29, 1.82) is 0 Å². The second kappa shape index (κ2) is 6.92. The number of fused-ring (bicyclic) bond motifs is 2. The van der Waals surface area contributed by atoms with Gasteiger partial charge in [-0.1, -0.05) is 30.3 Å². The van der Waals surface area contributed by atoms with Gasteiger partial charge in [-0.25, -0.2) is 0 Å². The van der Waals surface area contributed by atoms with E-state index in [4.69, 9.17) is 0 Å². The zero-order valence-electron chi connectivity index (χ0n) is 14.9. The molecule has 2 aromatic rings. The highest BCUT2D eigenvalue weighted by atomic mass is 16.2. The number of hydrogen-bond acceptors (Lipinski definition) is 3. The molecule has 2 amide bonds. The van der Waals surface area contributed by atoms with E-state index in [-0.39, 0.29) is 17.9 Å². The first-order valence-electron chi connectivity index (χ1n) is 9.13. The number of carbonyl (C=O) groups is 2. The van der Waals surface area contributed by atoms with Crippen molar-refractivity contribution in [2.45, 2.75) is 38.8 Å². The van der Waals surface area contributed by atoms with Crippen LogP contribution in [0.1, 0.15) is 30.0 Å². The molecule has 0 fully saturated rings. The van der Waals surface area contributed by atoms with Crippen LogP contribution in [0.5, 0.6) is 0 Å². The molecule has 0 radical (unpaired) electrons. The van der Waals surface area contributed by atoms with E-state index in [1.54, 1.807) is 0 Å². The van der Waals surface area contributed by atoms with Gasteiger partial charge in [0, 0.05) is 31.4 Å². The lowest BCUT2D eigenvalue weighted by atomic mass is 9.95. The monoisotopic (exact) mass is 349 g/mol. The van der Waals surface area contributed by atoms with Crippen molar-refractivity contribution in [3.05, 3.63) is 59.2 Å². The fourth-order valence-corrected chi connectivity index (χ4v) is 4.05. The number of nitrogens with one attached hydrogen (secondary N) is 2. The molecule has 2 aliphatic heterocycles. The molecule has 5 nitrogen and oxygen atoms in total. The van der Waals surface area contributed by atoms with Crippen molar-refractivity contribution in [2.75, 3.05) is 17.2 Å². The minimum absolute atomic E-state index is 0.0539. The van der Waals surface area contributed by atoms with E-state index in [2.05, 4.69) is 27.7 Å². The van der Waals surface area contributed by atoms with Crippen LogP contribution >= 0.6 is 0 Å². The summed E-state index contributed by atoms with van der Waals surface area (Å²) in [7, 11) is 0. The van der Waals surface area contributed by atoms with Crippen molar-refractivity contribution in [2.24, 2.45) is 0 Å². The smallest absolute Gasteiger partial charge is 0.241 e. The number of para-hydroxylation sites is 1. The number of hydrogen-bond donors (Lipinski definition) is 2. The Kier molecular flexibility index (Phi) is 4.47. The van der Waals surface area contributed by atoms with E-state index in [9.17, 15) is 9.59 Å². The summed E-state index contributed by atoms with van der Waals surface area (Å²) >= 11 is 0. The summed E-state index contributed by atoms with van der Waals surface area (Å²) in [6.45, 7) is 3.08. The van der Waals surface area contributed by atoms with E-state index >= 15 is 0 Å². The molecule has 2 heterocycles. The Morgan fingerprint density at radius 1 is 1.12 bits per heavy atom. The minimum Gasteiger partial charge on any atom is -0.326 e. The van der Waals surface area contributed by atoms with Gasteiger partial charge in [0.25, 0.3) is 0 Å². The Hall–Kier alpha value is -2.66. The largest absolute Gasteiger partial charge is 0.326 e. The molecule has 0 unspecified atom stereocenters. The molecule has 0 bridgehead atoms. The Balaban J connectivity index is 1.54. The molecule has 2 aliphatic rings. The third kappa shape index (κ3) is 3.22. The van der Waals surface area contributed by atoms with Crippen LogP contribution in [0.25, 0.3) is 0 Å². The summed E-state index contributed by atoms with van der Waals surface area (Å²) in [5.41, 5.74) is 5.42. The minimum atomic E-state index is -0.125. The summed E-state index contributed by atoms with van der Waals surface area (Å²) in [6.07, 6.45) is 2.56. The predicted octanol–water partition coefficient (Wildman–Crippen LogP) is 2.96. The molecule has 134 valence electrons. The number of nitrogens with zero attached hydrogens (tertiary/aromatic N) is 1. The molecular formula is C21H23N3O2. The zero-order chi connectivity index (χ0) is 18.1. The molecule has 1 atom stereocenters. The van der Waals surface area contributed by atoms with E-state index < -0.39 is 0 Å². The first-order valence-corrected chi connectivity index (χ1v) is 9.13. The summed E-state index contributed by atoms with van der Waals surface area (Å²) < 4.78 is 0. The van der Waals surface area contributed by atoms with Gasteiger partial charge in [-0.15, -0.1) is 0 Å². The molecule has 0 saturated heterocycles. The summed E-state index contributed by atoms with van der Waals surface area (Å²) in [6, 6.07) is 13.9. The number of amides is 2. The van der Waals surface area contributed by atoms with Crippen LogP contribution in [0.2, 0.25) is 0 Å². The molecule has 0 aromatic heterocycles. The first kappa shape index (κ1) is 16.8. The van der Waals surface area contributed by atoms with Crippen LogP contribution in [0.4, 0.5) is 11.4 Å². The normalized spacial score (nSPS) is 19.7. The molecular weight excluding hydrogens is 326 g/mol. The quantitative estimate of drug-likeness (QED) is 0.876. The predicted molar refractivity (Wildman–Crippen MR) is 102 cm³/mol. The van der Waals surface area contributed by atoms with Crippen molar-refractivity contribution in [3.8, 4) is 0 Å². The Morgan fingerprint density at radius 3 is 2.77 bits per heavy atom. The van der Waals surface area contributed by atoms with Gasteiger partial charge in [-0.3, -0.25) is 14.5 Å². The molecule has 0 aliphatic carbocycles. The highest BCUT2D eigenvalue weighted by Crippen LogP contribution is 2.30. The standard InChI is InChI=1S/C21H23N3O2/c1-14(25)22-19-8-4-6-16-13-24(12-11-17(16)19)20-10-9-15-5-2-3-7-18(15)23-21(20)26/h2-8,20H,9-13H2,1H3,(H,22,25)(H,23,26)/t20-/m1/s1. The van der Waals surface area contributed by atoms with Gasteiger partial charge in [-0.05, 0) is 48.1 Å². The summed E-state index contributed by atoms with van der Waals surface area (Å²) in [5.74, 6) is 0.0261. The van der Waals surface area contributed by atoms with Crippen LogP contribution in [-0.2, 0) is 29.0 Å². The van der Waals surface area contributed by atoms with Crippen LogP contribution in [-0.4, -0.2) is 29.3 Å². The van der Waals surface area contributed by atoms with E-state index in [1.165, 1.54) is 23.6 Å². The third-order valence-corrected chi connectivity index (χ3v) is 5.31. The molecule has 26 heavy (non-hydrogen) atoms. The average molecular weight is 349 g/mol. The molecule has 2 N–H and O–H groups in total. The van der Waals surface area contributed by atoms with Crippen molar-refractivity contribution in [3.63, 3.8) is 0 Å². The number of aryl methyl sites for hydroxylation is 1. The molecule has 0 saturated carbocycles. The Bertz CT molecular complexity index is 862. The van der Waals surface area contributed by atoms with Gasteiger partial charge in [0.1, 0.15) is 0 Å². The van der Waals surface area contributed by atoms with E-state index in [0.717, 1.165) is 43.7 Å². The van der Waals surface area contributed by atoms with Crippen molar-refractivity contribution >= 4 is 23.2 Å². The number of benzene rings is 2. The van der Waals surface area contributed by atoms with Gasteiger partial charge >= 0.3 is 0 Å². The maximum Gasteiger partial charge on any atom is 0.241 e. The SMILES string of the molecule is CC(=O)Nc1cccc2c1CCN([C@@H]1CCc3ccccc3NC1=O)C2. The maximum atomic E-state index is 12.8.